The highest BCUT2D eigenvalue weighted by Gasteiger charge is 2.27. The Labute approximate surface area is 251 Å². The van der Waals surface area contributed by atoms with Crippen molar-refractivity contribution in [1.29, 1.82) is 0 Å². The zero-order valence-electron chi connectivity index (χ0n) is 24.9. The fraction of sp³-hybridized carbons (Fsp3) is 0.222. The van der Waals surface area contributed by atoms with Gasteiger partial charge in [0.15, 0.2) is 5.69 Å². The summed E-state index contributed by atoms with van der Waals surface area (Å²) in [5.41, 5.74) is 7.60. The molecule has 4 aromatic rings. The molecule has 1 aliphatic rings. The van der Waals surface area contributed by atoms with E-state index in [1.165, 1.54) is 12.1 Å². The van der Waals surface area contributed by atoms with E-state index in [1.54, 1.807) is 49.6 Å². The van der Waals surface area contributed by atoms with E-state index in [0.717, 1.165) is 44.6 Å². The first-order valence-electron chi connectivity index (χ1n) is 13.9. The van der Waals surface area contributed by atoms with E-state index in [9.17, 15) is 9.18 Å². The van der Waals surface area contributed by atoms with E-state index >= 15 is 0 Å². The standard InChI is InChI=1S/C36H33FN2O4/c1-22-7-10-25(37)18-32(22)42-21-30-28(15-16-31-35(30)23(2)20-36(3,4)39-31)29-14-13-27(19-33(29)41-6)43-34(40)17-24-8-11-26(38-5)12-9-24/h7-16,18-20,39H,17,21H2,1-4,6H3. The van der Waals surface area contributed by atoms with Crippen molar-refractivity contribution in [2.45, 2.75) is 46.3 Å². The Morgan fingerprint density at radius 2 is 1.70 bits per heavy atom. The lowest BCUT2D eigenvalue weighted by Gasteiger charge is -2.33. The summed E-state index contributed by atoms with van der Waals surface area (Å²) in [5, 5.41) is 3.59. The molecule has 5 rings (SSSR count). The Hall–Kier alpha value is -5.09. The van der Waals surface area contributed by atoms with Crippen molar-refractivity contribution in [2.24, 2.45) is 0 Å². The lowest BCUT2D eigenvalue weighted by Crippen LogP contribution is -2.32. The van der Waals surface area contributed by atoms with Crippen LogP contribution in [0.4, 0.5) is 15.8 Å². The summed E-state index contributed by atoms with van der Waals surface area (Å²) in [6.07, 6.45) is 2.26. The van der Waals surface area contributed by atoms with Crippen molar-refractivity contribution in [2.75, 3.05) is 12.4 Å². The molecule has 1 N–H and O–H groups in total. The monoisotopic (exact) mass is 576 g/mol. The quantitative estimate of drug-likeness (QED) is 0.129. The number of aryl methyl sites for hydroxylation is 1. The second-order valence-electron chi connectivity index (χ2n) is 11.2. The largest absolute Gasteiger partial charge is 0.496 e. The summed E-state index contributed by atoms with van der Waals surface area (Å²) in [6, 6.07) is 20.7. The Bertz CT molecular complexity index is 1770. The van der Waals surface area contributed by atoms with Crippen LogP contribution < -0.4 is 19.5 Å². The number of nitrogens with zero attached hydrogens (tertiary/aromatic N) is 1. The molecule has 6 nitrogen and oxygen atoms in total. The number of methoxy groups -OCH3 is 1. The smallest absolute Gasteiger partial charge is 0.315 e. The van der Waals surface area contributed by atoms with Gasteiger partial charge in [-0.2, -0.15) is 0 Å². The molecule has 0 saturated carbocycles. The fourth-order valence-corrected chi connectivity index (χ4v) is 5.46. The van der Waals surface area contributed by atoms with Crippen molar-refractivity contribution >= 4 is 22.9 Å². The molecule has 0 radical (unpaired) electrons. The summed E-state index contributed by atoms with van der Waals surface area (Å²) in [4.78, 5) is 16.1. The molecule has 7 heteroatoms. The maximum atomic E-state index is 14.1. The van der Waals surface area contributed by atoms with Gasteiger partial charge in [-0.15, -0.1) is 0 Å². The van der Waals surface area contributed by atoms with Crippen LogP contribution in [0.25, 0.3) is 21.5 Å². The molecule has 0 bridgehead atoms. The molecule has 0 aromatic heterocycles. The average Bonchev–Trinajstić information content (AvgIpc) is 2.97. The first-order valence-corrected chi connectivity index (χ1v) is 13.9. The highest BCUT2D eigenvalue weighted by Crippen LogP contribution is 2.43. The second kappa shape index (κ2) is 12.0. The van der Waals surface area contributed by atoms with Crippen molar-refractivity contribution in [3.05, 3.63) is 118 Å². The number of halogens is 1. The van der Waals surface area contributed by atoms with E-state index in [2.05, 4.69) is 37.0 Å². The second-order valence-corrected chi connectivity index (χ2v) is 11.2. The number of hydrogen-bond acceptors (Lipinski definition) is 5. The van der Waals surface area contributed by atoms with E-state index < -0.39 is 5.97 Å². The van der Waals surface area contributed by atoms with Gasteiger partial charge in [-0.05, 0) is 74.2 Å². The predicted molar refractivity (Wildman–Crippen MR) is 167 cm³/mol. The third kappa shape index (κ3) is 6.54. The van der Waals surface area contributed by atoms with Gasteiger partial charge in [0.1, 0.15) is 29.7 Å². The van der Waals surface area contributed by atoms with Gasteiger partial charge in [0, 0.05) is 34.5 Å². The minimum Gasteiger partial charge on any atom is -0.496 e. The Balaban J connectivity index is 1.49. The lowest BCUT2D eigenvalue weighted by molar-refractivity contribution is -0.133. The van der Waals surface area contributed by atoms with Crippen LogP contribution in [-0.4, -0.2) is 18.6 Å². The number of esters is 1. The van der Waals surface area contributed by atoms with Crippen LogP contribution in [0.3, 0.4) is 0 Å². The van der Waals surface area contributed by atoms with Crippen LogP contribution in [-0.2, 0) is 17.8 Å². The summed E-state index contributed by atoms with van der Waals surface area (Å²) in [5.74, 6) is 0.581. The van der Waals surface area contributed by atoms with Crippen LogP contribution in [0.1, 0.15) is 43.0 Å². The number of carbonyl (C=O) groups is 1. The number of carbonyl (C=O) groups excluding carboxylic acids is 1. The zero-order valence-corrected chi connectivity index (χ0v) is 24.9. The SMILES string of the molecule is [C-]#[N+]c1ccc(CC(=O)Oc2ccc(-c3ccc4c(c3COc3cc(F)ccc3C)C(C)=CC(C)(C)N4)c(OC)c2)cc1. The summed E-state index contributed by atoms with van der Waals surface area (Å²) in [7, 11) is 1.57. The minimum atomic E-state index is -0.423. The van der Waals surface area contributed by atoms with Crippen LogP contribution in [0.2, 0.25) is 0 Å². The molecule has 0 fully saturated rings. The third-order valence-corrected chi connectivity index (χ3v) is 7.37. The molecule has 4 aromatic carbocycles. The van der Waals surface area contributed by atoms with Gasteiger partial charge >= 0.3 is 5.97 Å². The first kappa shape index (κ1) is 29.4. The molecule has 0 atom stereocenters. The number of rotatable bonds is 8. The van der Waals surface area contributed by atoms with Gasteiger partial charge in [-0.1, -0.05) is 42.5 Å². The van der Waals surface area contributed by atoms with Gasteiger partial charge in [0.25, 0.3) is 0 Å². The number of ether oxygens (including phenoxy) is 3. The number of benzene rings is 4. The van der Waals surface area contributed by atoms with Crippen molar-refractivity contribution in [3.8, 4) is 28.4 Å². The fourth-order valence-electron chi connectivity index (χ4n) is 5.46. The molecule has 0 aliphatic carbocycles. The molecule has 0 amide bonds. The number of allylic oxidation sites excluding steroid dienone is 1. The van der Waals surface area contributed by atoms with Crippen molar-refractivity contribution < 1.29 is 23.4 Å². The van der Waals surface area contributed by atoms with Crippen LogP contribution in [0, 0.1) is 19.3 Å². The van der Waals surface area contributed by atoms with Gasteiger partial charge in [0.05, 0.1) is 25.6 Å². The summed E-state index contributed by atoms with van der Waals surface area (Å²) in [6.45, 7) is 15.5. The topological polar surface area (TPSA) is 61.2 Å². The molecule has 0 unspecified atom stereocenters. The highest BCUT2D eigenvalue weighted by atomic mass is 19.1. The van der Waals surface area contributed by atoms with E-state index in [4.69, 9.17) is 20.8 Å². The number of hydrogen-bond donors (Lipinski definition) is 1. The maximum Gasteiger partial charge on any atom is 0.315 e. The molecular formula is C36H33FN2O4. The molecule has 1 aliphatic heterocycles. The van der Waals surface area contributed by atoms with Crippen molar-refractivity contribution in [3.63, 3.8) is 0 Å². The van der Waals surface area contributed by atoms with E-state index in [1.807, 2.05) is 25.1 Å². The molecule has 43 heavy (non-hydrogen) atoms. The van der Waals surface area contributed by atoms with Gasteiger partial charge in [-0.3, -0.25) is 4.79 Å². The molecular weight excluding hydrogens is 543 g/mol. The third-order valence-electron chi connectivity index (χ3n) is 7.37. The molecule has 0 saturated heterocycles. The first-order chi connectivity index (χ1) is 20.6. The normalized spacial score (nSPS) is 13.2. The Kier molecular flexibility index (Phi) is 8.22. The van der Waals surface area contributed by atoms with Gasteiger partial charge in [-0.25, -0.2) is 9.24 Å². The number of anilines is 1. The Morgan fingerprint density at radius 1 is 0.953 bits per heavy atom. The Morgan fingerprint density at radius 3 is 2.42 bits per heavy atom. The van der Waals surface area contributed by atoms with Crippen LogP contribution in [0.15, 0.2) is 78.9 Å². The predicted octanol–water partition coefficient (Wildman–Crippen LogP) is 8.70. The molecule has 0 spiro atoms. The van der Waals surface area contributed by atoms with Gasteiger partial charge < -0.3 is 19.5 Å². The highest BCUT2D eigenvalue weighted by molar-refractivity contribution is 5.88. The average molecular weight is 577 g/mol. The zero-order chi connectivity index (χ0) is 30.7. The number of nitrogens with one attached hydrogen (secondary N) is 1. The molecule has 1 heterocycles. The van der Waals surface area contributed by atoms with E-state index in [0.29, 0.717) is 22.9 Å². The van der Waals surface area contributed by atoms with Gasteiger partial charge in [0.2, 0.25) is 0 Å². The molecule has 218 valence electrons. The van der Waals surface area contributed by atoms with Crippen molar-refractivity contribution in [1.82, 2.24) is 0 Å². The van der Waals surface area contributed by atoms with Crippen LogP contribution in [0.5, 0.6) is 17.2 Å². The maximum absolute atomic E-state index is 14.1. The van der Waals surface area contributed by atoms with E-state index in [-0.39, 0.29) is 24.4 Å². The minimum absolute atomic E-state index is 0.0725. The lowest BCUT2D eigenvalue weighted by atomic mass is 9.85. The summed E-state index contributed by atoms with van der Waals surface area (Å²) >= 11 is 0. The van der Waals surface area contributed by atoms with Crippen LogP contribution >= 0.6 is 0 Å². The number of fused-ring (bicyclic) bond motifs is 1. The summed E-state index contributed by atoms with van der Waals surface area (Å²) < 4.78 is 31.7.